The van der Waals surface area contributed by atoms with Crippen molar-refractivity contribution in [2.45, 2.75) is 51.7 Å². The summed E-state index contributed by atoms with van der Waals surface area (Å²) < 4.78 is 1.69. The van der Waals surface area contributed by atoms with Crippen LogP contribution in [0.15, 0.2) is 9.95 Å². The van der Waals surface area contributed by atoms with Crippen molar-refractivity contribution in [2.75, 3.05) is 12.8 Å². The Balaban J connectivity index is 1.97. The van der Waals surface area contributed by atoms with E-state index in [-0.39, 0.29) is 17.2 Å². The summed E-state index contributed by atoms with van der Waals surface area (Å²) in [4.78, 5) is 43.4. The predicted molar refractivity (Wildman–Crippen MR) is 113 cm³/mol. The first-order valence-electron chi connectivity index (χ1n) is 9.49. The Morgan fingerprint density at radius 3 is 2.82 bits per heavy atom. The number of aromatic nitrogens is 2. The molecule has 0 saturated heterocycles. The molecule has 0 aromatic carbocycles. The first-order valence-corrected chi connectivity index (χ1v) is 11.3. The predicted octanol–water partition coefficient (Wildman–Crippen LogP) is 2.79. The van der Waals surface area contributed by atoms with Crippen LogP contribution in [0.25, 0.3) is 10.2 Å². The number of amides is 3. The molecule has 1 aliphatic carbocycles. The number of fused-ring (bicyclic) bond motifs is 3. The lowest BCUT2D eigenvalue weighted by molar-refractivity contribution is -0.117. The van der Waals surface area contributed by atoms with E-state index in [1.54, 1.807) is 15.9 Å². The summed E-state index contributed by atoms with van der Waals surface area (Å²) >= 11 is 2.80. The first kappa shape index (κ1) is 20.9. The molecule has 1 aliphatic rings. The normalized spacial score (nSPS) is 16.2. The molecule has 1 atom stereocenters. The largest absolute Gasteiger partial charge is 0.341 e. The summed E-state index contributed by atoms with van der Waals surface area (Å²) in [6.45, 7) is 6.88. The number of hydrogen-bond acceptors (Lipinski definition) is 6. The third kappa shape index (κ3) is 4.41. The fourth-order valence-electron chi connectivity index (χ4n) is 3.40. The highest BCUT2D eigenvalue weighted by molar-refractivity contribution is 7.99. The number of aryl methyl sites for hydroxylation is 1. The Morgan fingerprint density at radius 1 is 1.39 bits per heavy atom. The Bertz CT molecular complexity index is 964. The summed E-state index contributed by atoms with van der Waals surface area (Å²) in [5, 5.41) is 5.87. The fraction of sp³-hybridized carbons (Fsp3) is 0.579. The van der Waals surface area contributed by atoms with Crippen LogP contribution in [0.2, 0.25) is 0 Å². The van der Waals surface area contributed by atoms with E-state index in [1.807, 2.05) is 13.8 Å². The van der Waals surface area contributed by atoms with Crippen molar-refractivity contribution < 1.29 is 9.59 Å². The van der Waals surface area contributed by atoms with Crippen molar-refractivity contribution in [1.29, 1.82) is 0 Å². The van der Waals surface area contributed by atoms with Gasteiger partial charge in [-0.3, -0.25) is 19.5 Å². The van der Waals surface area contributed by atoms with E-state index in [4.69, 9.17) is 4.98 Å². The van der Waals surface area contributed by atoms with Crippen LogP contribution in [0.5, 0.6) is 0 Å². The maximum atomic E-state index is 13.3. The van der Waals surface area contributed by atoms with Gasteiger partial charge in [0.25, 0.3) is 5.56 Å². The average molecular weight is 423 g/mol. The molecule has 3 rings (SSSR count). The van der Waals surface area contributed by atoms with Gasteiger partial charge >= 0.3 is 6.03 Å². The van der Waals surface area contributed by atoms with Gasteiger partial charge in [-0.15, -0.1) is 11.3 Å². The van der Waals surface area contributed by atoms with E-state index in [1.165, 1.54) is 29.3 Å². The molecular formula is C19H26N4O3S2. The Morgan fingerprint density at radius 2 is 2.14 bits per heavy atom. The average Bonchev–Trinajstić information content (AvgIpc) is 2.99. The second kappa shape index (κ2) is 8.65. The van der Waals surface area contributed by atoms with Gasteiger partial charge in [0.05, 0.1) is 11.1 Å². The summed E-state index contributed by atoms with van der Waals surface area (Å²) in [5.41, 5.74) is 1.15. The third-order valence-corrected chi connectivity index (χ3v) is 6.86. The van der Waals surface area contributed by atoms with Crippen molar-refractivity contribution in [3.63, 3.8) is 0 Å². The van der Waals surface area contributed by atoms with E-state index in [9.17, 15) is 14.4 Å². The summed E-state index contributed by atoms with van der Waals surface area (Å²) in [7, 11) is 1.45. The standard InChI is InChI=1S/C19H26N4O3S2/c1-10(2)8-23-17(25)15-12-6-5-11(3)7-13(12)28-16(15)22-19(23)27-9-14(24)21-18(26)20-4/h10-11H,5-9H2,1-4H3,(H2,20,21,24,26). The van der Waals surface area contributed by atoms with Crippen LogP contribution in [-0.2, 0) is 24.2 Å². The monoisotopic (exact) mass is 422 g/mol. The van der Waals surface area contributed by atoms with Crippen molar-refractivity contribution in [3.05, 3.63) is 20.8 Å². The molecule has 2 N–H and O–H groups in total. The van der Waals surface area contributed by atoms with Crippen LogP contribution in [0.3, 0.4) is 0 Å². The number of rotatable bonds is 5. The molecule has 0 spiro atoms. The SMILES string of the molecule is CNC(=O)NC(=O)CSc1nc2sc3c(c2c(=O)n1CC(C)C)CCC(C)C3. The highest BCUT2D eigenvalue weighted by atomic mass is 32.2. The highest BCUT2D eigenvalue weighted by Gasteiger charge is 2.25. The number of carbonyl (C=O) groups excluding carboxylic acids is 2. The van der Waals surface area contributed by atoms with Gasteiger partial charge in [-0.05, 0) is 36.7 Å². The smallest absolute Gasteiger partial charge is 0.321 e. The van der Waals surface area contributed by atoms with Crippen molar-refractivity contribution >= 4 is 45.3 Å². The summed E-state index contributed by atoms with van der Waals surface area (Å²) in [6.07, 6.45) is 3.02. The molecule has 1 unspecified atom stereocenters. The van der Waals surface area contributed by atoms with Crippen LogP contribution in [0.4, 0.5) is 4.79 Å². The van der Waals surface area contributed by atoms with Gasteiger partial charge in [0.2, 0.25) is 5.91 Å². The minimum absolute atomic E-state index is 0.0139. The minimum atomic E-state index is -0.548. The number of carbonyl (C=O) groups is 2. The second-order valence-electron chi connectivity index (χ2n) is 7.65. The van der Waals surface area contributed by atoms with Gasteiger partial charge in [0, 0.05) is 18.5 Å². The topological polar surface area (TPSA) is 93.1 Å². The van der Waals surface area contributed by atoms with Crippen molar-refractivity contribution in [2.24, 2.45) is 11.8 Å². The number of hydrogen-bond donors (Lipinski definition) is 2. The van der Waals surface area contributed by atoms with Crippen LogP contribution < -0.4 is 16.2 Å². The number of nitrogens with zero attached hydrogens (tertiary/aromatic N) is 2. The zero-order valence-corrected chi connectivity index (χ0v) is 18.3. The van der Waals surface area contributed by atoms with Crippen LogP contribution >= 0.6 is 23.1 Å². The number of urea groups is 1. The van der Waals surface area contributed by atoms with E-state index in [2.05, 4.69) is 17.6 Å². The molecule has 2 aromatic rings. The van der Waals surface area contributed by atoms with E-state index in [0.29, 0.717) is 17.6 Å². The van der Waals surface area contributed by atoms with Crippen molar-refractivity contribution in [1.82, 2.24) is 20.2 Å². The Hall–Kier alpha value is -1.87. The number of thioether (sulfide) groups is 1. The molecule has 2 heterocycles. The van der Waals surface area contributed by atoms with Gasteiger partial charge in [0.15, 0.2) is 5.16 Å². The quantitative estimate of drug-likeness (QED) is 0.571. The second-order valence-corrected chi connectivity index (χ2v) is 9.68. The van der Waals surface area contributed by atoms with E-state index >= 15 is 0 Å². The summed E-state index contributed by atoms with van der Waals surface area (Å²) in [5.74, 6) is 0.492. The van der Waals surface area contributed by atoms with Gasteiger partial charge in [0.1, 0.15) is 4.83 Å². The molecule has 2 aromatic heterocycles. The Labute approximate surface area is 172 Å². The molecule has 9 heteroatoms. The van der Waals surface area contributed by atoms with Crippen LogP contribution in [0, 0.1) is 11.8 Å². The van der Waals surface area contributed by atoms with Gasteiger partial charge in [-0.1, -0.05) is 32.5 Å². The number of imide groups is 1. The fourth-order valence-corrected chi connectivity index (χ4v) is 5.63. The lowest BCUT2D eigenvalue weighted by Crippen LogP contribution is -2.38. The van der Waals surface area contributed by atoms with Gasteiger partial charge < -0.3 is 5.32 Å². The molecule has 3 amide bonds. The zero-order valence-electron chi connectivity index (χ0n) is 16.6. The minimum Gasteiger partial charge on any atom is -0.341 e. The maximum absolute atomic E-state index is 13.3. The molecule has 0 saturated carbocycles. The van der Waals surface area contributed by atoms with Gasteiger partial charge in [-0.25, -0.2) is 9.78 Å². The molecule has 28 heavy (non-hydrogen) atoms. The molecule has 7 nitrogen and oxygen atoms in total. The molecule has 0 fully saturated rings. The lowest BCUT2D eigenvalue weighted by Gasteiger charge is -2.18. The first-order chi connectivity index (χ1) is 13.3. The lowest BCUT2D eigenvalue weighted by atomic mass is 9.89. The molecule has 0 radical (unpaired) electrons. The van der Waals surface area contributed by atoms with Crippen LogP contribution in [0.1, 0.15) is 37.6 Å². The molecule has 152 valence electrons. The molecular weight excluding hydrogens is 396 g/mol. The van der Waals surface area contributed by atoms with Gasteiger partial charge in [-0.2, -0.15) is 0 Å². The third-order valence-electron chi connectivity index (χ3n) is 4.74. The maximum Gasteiger partial charge on any atom is 0.321 e. The summed E-state index contributed by atoms with van der Waals surface area (Å²) in [6, 6.07) is -0.548. The van der Waals surface area contributed by atoms with E-state index in [0.717, 1.165) is 29.5 Å². The molecule has 0 bridgehead atoms. The highest BCUT2D eigenvalue weighted by Crippen LogP contribution is 2.36. The number of nitrogens with one attached hydrogen (secondary N) is 2. The molecule has 0 aliphatic heterocycles. The van der Waals surface area contributed by atoms with E-state index < -0.39 is 11.9 Å². The van der Waals surface area contributed by atoms with Crippen LogP contribution in [-0.4, -0.2) is 34.3 Å². The zero-order chi connectivity index (χ0) is 20.4. The Kier molecular flexibility index (Phi) is 6.44. The number of thiophene rings is 1. The van der Waals surface area contributed by atoms with Crippen molar-refractivity contribution in [3.8, 4) is 0 Å².